The van der Waals surface area contributed by atoms with Crippen LogP contribution in [0.25, 0.3) is 10.9 Å². The van der Waals surface area contributed by atoms with Crippen LogP contribution >= 0.6 is 0 Å². The Balaban J connectivity index is 1.93. The molecule has 0 fully saturated rings. The number of ether oxygens (including phenoxy) is 1. The molecular weight excluding hydrogens is 465 g/mol. The van der Waals surface area contributed by atoms with Crippen LogP contribution in [0.1, 0.15) is 31.1 Å². The Morgan fingerprint density at radius 1 is 1.12 bits per heavy atom. The van der Waals surface area contributed by atoms with Gasteiger partial charge in [-0.1, -0.05) is 26.0 Å². The van der Waals surface area contributed by atoms with Crippen molar-refractivity contribution >= 4 is 38.5 Å². The maximum atomic E-state index is 13.8. The van der Waals surface area contributed by atoms with E-state index < -0.39 is 39.4 Å². The number of fused-ring (bicyclic) bond motifs is 1. The Bertz CT molecular complexity index is 1400. The standard InChI is InChI=1S/C23H24FN3O6S/c1-4-27(5-2)34(31,32)15-10-11-19-16(12-15)17(13-21(28)25-19)23(30)33-14(3)22(29)26-20-9-7-6-8-18(20)24/h6-14H,4-5H2,1-3H3,(H,25,28)(H,26,29). The lowest BCUT2D eigenvalue weighted by Crippen LogP contribution is -2.31. The zero-order valence-corrected chi connectivity index (χ0v) is 19.6. The number of halogens is 1. The van der Waals surface area contributed by atoms with Crippen molar-refractivity contribution < 1.29 is 27.1 Å². The molecule has 11 heteroatoms. The summed E-state index contributed by atoms with van der Waals surface area (Å²) in [6, 6.07) is 10.5. The van der Waals surface area contributed by atoms with Crippen LogP contribution < -0.4 is 10.9 Å². The predicted octanol–water partition coefficient (Wildman–Crippen LogP) is 2.88. The van der Waals surface area contributed by atoms with Crippen molar-refractivity contribution in [2.75, 3.05) is 18.4 Å². The van der Waals surface area contributed by atoms with Crippen LogP contribution in [0.3, 0.4) is 0 Å². The molecule has 1 aromatic heterocycles. The lowest BCUT2D eigenvalue weighted by molar-refractivity contribution is -0.123. The van der Waals surface area contributed by atoms with Gasteiger partial charge in [0.15, 0.2) is 6.10 Å². The molecule has 1 unspecified atom stereocenters. The van der Waals surface area contributed by atoms with Crippen LogP contribution in [0.2, 0.25) is 0 Å². The summed E-state index contributed by atoms with van der Waals surface area (Å²) in [5, 5.41) is 2.46. The molecule has 0 saturated heterocycles. The molecule has 0 radical (unpaired) electrons. The van der Waals surface area contributed by atoms with E-state index in [1.165, 1.54) is 53.7 Å². The molecule has 1 atom stereocenters. The molecule has 34 heavy (non-hydrogen) atoms. The zero-order chi connectivity index (χ0) is 25.0. The van der Waals surface area contributed by atoms with E-state index in [4.69, 9.17) is 4.74 Å². The summed E-state index contributed by atoms with van der Waals surface area (Å²) in [6.07, 6.45) is -1.33. The monoisotopic (exact) mass is 489 g/mol. The number of aromatic amines is 1. The van der Waals surface area contributed by atoms with E-state index in [9.17, 15) is 27.2 Å². The number of benzene rings is 2. The van der Waals surface area contributed by atoms with Gasteiger partial charge in [-0.2, -0.15) is 4.31 Å². The van der Waals surface area contributed by atoms with Gasteiger partial charge < -0.3 is 15.0 Å². The summed E-state index contributed by atoms with van der Waals surface area (Å²) >= 11 is 0. The number of sulfonamides is 1. The lowest BCUT2D eigenvalue weighted by Gasteiger charge is -2.19. The molecule has 0 saturated carbocycles. The van der Waals surface area contributed by atoms with Gasteiger partial charge in [0.1, 0.15) is 5.82 Å². The Labute approximate surface area is 195 Å². The van der Waals surface area contributed by atoms with Gasteiger partial charge in [0.2, 0.25) is 15.6 Å². The largest absolute Gasteiger partial charge is 0.449 e. The average molecular weight is 490 g/mol. The maximum absolute atomic E-state index is 13.8. The Morgan fingerprint density at radius 3 is 2.44 bits per heavy atom. The van der Waals surface area contributed by atoms with E-state index in [2.05, 4.69) is 10.3 Å². The van der Waals surface area contributed by atoms with Crippen molar-refractivity contribution in [1.82, 2.24) is 9.29 Å². The van der Waals surface area contributed by atoms with Crippen molar-refractivity contribution in [3.8, 4) is 0 Å². The number of hydrogen-bond acceptors (Lipinski definition) is 6. The summed E-state index contributed by atoms with van der Waals surface area (Å²) in [4.78, 5) is 39.8. The number of nitrogens with one attached hydrogen (secondary N) is 2. The van der Waals surface area contributed by atoms with Crippen molar-refractivity contribution in [1.29, 1.82) is 0 Å². The molecular formula is C23H24FN3O6S. The minimum absolute atomic E-state index is 0.0601. The van der Waals surface area contributed by atoms with Gasteiger partial charge in [0, 0.05) is 30.1 Å². The van der Waals surface area contributed by atoms with E-state index >= 15 is 0 Å². The number of anilines is 1. The molecule has 3 rings (SSSR count). The second-order valence-corrected chi connectivity index (χ2v) is 9.30. The lowest BCUT2D eigenvalue weighted by atomic mass is 10.1. The number of amides is 1. The fourth-order valence-corrected chi connectivity index (χ4v) is 4.83. The van der Waals surface area contributed by atoms with Gasteiger partial charge in [0.25, 0.3) is 5.91 Å². The van der Waals surface area contributed by atoms with Gasteiger partial charge in [-0.25, -0.2) is 17.6 Å². The number of nitrogens with zero attached hydrogens (tertiary/aromatic N) is 1. The third-order valence-electron chi connectivity index (χ3n) is 5.16. The first-order chi connectivity index (χ1) is 16.1. The molecule has 0 bridgehead atoms. The molecule has 1 amide bonds. The van der Waals surface area contributed by atoms with Crippen LogP contribution in [-0.2, 0) is 19.6 Å². The van der Waals surface area contributed by atoms with Gasteiger partial charge in [0.05, 0.1) is 16.1 Å². The number of aromatic nitrogens is 1. The molecule has 9 nitrogen and oxygen atoms in total. The first kappa shape index (κ1) is 25.1. The predicted molar refractivity (Wildman–Crippen MR) is 125 cm³/mol. The van der Waals surface area contributed by atoms with Crippen LogP contribution in [0, 0.1) is 5.82 Å². The Kier molecular flexibility index (Phi) is 7.48. The summed E-state index contributed by atoms with van der Waals surface area (Å²) in [7, 11) is -3.83. The number of rotatable bonds is 8. The normalized spacial score (nSPS) is 12.5. The highest BCUT2D eigenvalue weighted by Crippen LogP contribution is 2.24. The summed E-state index contributed by atoms with van der Waals surface area (Å²) in [6.45, 7) is 5.21. The highest BCUT2D eigenvalue weighted by Gasteiger charge is 2.25. The maximum Gasteiger partial charge on any atom is 0.339 e. The van der Waals surface area contributed by atoms with Crippen LogP contribution in [0.15, 0.2) is 58.2 Å². The molecule has 0 spiro atoms. The number of esters is 1. The number of carbonyl (C=O) groups excluding carboxylic acids is 2. The van der Waals surface area contributed by atoms with Gasteiger partial charge in [-0.3, -0.25) is 9.59 Å². The number of carbonyl (C=O) groups is 2. The number of pyridine rings is 1. The molecule has 2 N–H and O–H groups in total. The van der Waals surface area contributed by atoms with Gasteiger partial charge in [-0.15, -0.1) is 0 Å². The first-order valence-corrected chi connectivity index (χ1v) is 12.0. The highest BCUT2D eigenvalue weighted by molar-refractivity contribution is 7.89. The van der Waals surface area contributed by atoms with Crippen molar-refractivity contribution in [3.05, 3.63) is 70.3 Å². The molecule has 0 aliphatic carbocycles. The van der Waals surface area contributed by atoms with E-state index in [-0.39, 0.29) is 40.1 Å². The van der Waals surface area contributed by atoms with Crippen LogP contribution in [0.4, 0.5) is 10.1 Å². The van der Waals surface area contributed by atoms with Gasteiger partial charge in [-0.05, 0) is 37.3 Å². The zero-order valence-electron chi connectivity index (χ0n) is 18.8. The summed E-state index contributed by atoms with van der Waals surface area (Å²) in [5.74, 6) is -2.45. The second-order valence-electron chi connectivity index (χ2n) is 7.36. The minimum atomic E-state index is -3.83. The molecule has 2 aromatic carbocycles. The third kappa shape index (κ3) is 5.15. The highest BCUT2D eigenvalue weighted by atomic mass is 32.2. The fourth-order valence-electron chi connectivity index (χ4n) is 3.35. The van der Waals surface area contributed by atoms with Crippen LogP contribution in [-0.4, -0.2) is 48.8 Å². The smallest absolute Gasteiger partial charge is 0.339 e. The number of hydrogen-bond donors (Lipinski definition) is 2. The average Bonchev–Trinajstić information content (AvgIpc) is 2.80. The topological polar surface area (TPSA) is 126 Å². The first-order valence-electron chi connectivity index (χ1n) is 10.5. The molecule has 3 aromatic rings. The fraction of sp³-hybridized carbons (Fsp3) is 0.261. The quantitative estimate of drug-likeness (QED) is 0.469. The van der Waals surface area contributed by atoms with Crippen LogP contribution in [0.5, 0.6) is 0 Å². The molecule has 0 aliphatic heterocycles. The van der Waals surface area contributed by atoms with Crippen molar-refractivity contribution in [3.63, 3.8) is 0 Å². The molecule has 180 valence electrons. The molecule has 0 aliphatic rings. The van der Waals surface area contributed by atoms with E-state index in [1.54, 1.807) is 13.8 Å². The number of para-hydroxylation sites is 1. The summed E-state index contributed by atoms with van der Waals surface area (Å²) in [5.41, 5.74) is -0.673. The second kappa shape index (κ2) is 10.1. The van der Waals surface area contributed by atoms with E-state index in [1.807, 2.05) is 0 Å². The minimum Gasteiger partial charge on any atom is -0.449 e. The number of H-pyrrole nitrogens is 1. The molecule has 1 heterocycles. The Morgan fingerprint density at radius 2 is 1.79 bits per heavy atom. The van der Waals surface area contributed by atoms with Gasteiger partial charge >= 0.3 is 5.97 Å². The summed E-state index contributed by atoms with van der Waals surface area (Å²) < 4.78 is 46.1. The Hall–Kier alpha value is -3.57. The van der Waals surface area contributed by atoms with Crippen molar-refractivity contribution in [2.45, 2.75) is 31.8 Å². The third-order valence-corrected chi connectivity index (χ3v) is 7.21. The SMILES string of the molecule is CCN(CC)S(=O)(=O)c1ccc2[nH]c(=O)cc(C(=O)OC(C)C(=O)Nc3ccccc3F)c2c1. The van der Waals surface area contributed by atoms with Crippen molar-refractivity contribution in [2.24, 2.45) is 0 Å². The van der Waals surface area contributed by atoms with E-state index in [0.29, 0.717) is 0 Å². The van der Waals surface area contributed by atoms with E-state index in [0.717, 1.165) is 6.07 Å².